The normalized spacial score (nSPS) is 27.4. The molecule has 0 unspecified atom stereocenters. The molecular formula is C11H25ClN2. The van der Waals surface area contributed by atoms with Crippen LogP contribution in [-0.2, 0) is 0 Å². The lowest BCUT2D eigenvalue weighted by molar-refractivity contribution is 0.293. The molecule has 86 valence electrons. The Morgan fingerprint density at radius 2 is 1.93 bits per heavy atom. The Kier molecular flexibility index (Phi) is 7.61. The summed E-state index contributed by atoms with van der Waals surface area (Å²) in [5.41, 5.74) is 6.06. The van der Waals surface area contributed by atoms with Gasteiger partial charge in [0.1, 0.15) is 0 Å². The van der Waals surface area contributed by atoms with E-state index >= 15 is 0 Å². The first-order valence-electron chi connectivity index (χ1n) is 5.66. The third kappa shape index (κ3) is 5.18. The molecule has 1 saturated carbocycles. The van der Waals surface area contributed by atoms with Crippen LogP contribution in [-0.4, -0.2) is 19.1 Å². The molecule has 0 aromatic heterocycles. The van der Waals surface area contributed by atoms with E-state index in [9.17, 15) is 0 Å². The molecule has 0 saturated heterocycles. The number of halogens is 1. The summed E-state index contributed by atoms with van der Waals surface area (Å²) in [7, 11) is 0. The van der Waals surface area contributed by atoms with E-state index in [4.69, 9.17) is 5.73 Å². The summed E-state index contributed by atoms with van der Waals surface area (Å²) in [5.74, 6) is 1.48. The van der Waals surface area contributed by atoms with Crippen molar-refractivity contribution in [2.45, 2.75) is 45.6 Å². The van der Waals surface area contributed by atoms with Crippen molar-refractivity contribution in [3.63, 3.8) is 0 Å². The van der Waals surface area contributed by atoms with Gasteiger partial charge < -0.3 is 11.1 Å². The zero-order valence-corrected chi connectivity index (χ0v) is 10.3. The van der Waals surface area contributed by atoms with E-state index in [0.717, 1.165) is 24.9 Å². The van der Waals surface area contributed by atoms with E-state index in [2.05, 4.69) is 19.2 Å². The number of hydrogen-bond donors (Lipinski definition) is 2. The van der Waals surface area contributed by atoms with Gasteiger partial charge in [0.05, 0.1) is 0 Å². The second-order valence-electron chi connectivity index (χ2n) is 4.76. The molecular weight excluding hydrogens is 196 g/mol. The van der Waals surface area contributed by atoms with Crippen LogP contribution in [0.25, 0.3) is 0 Å². The smallest absolute Gasteiger partial charge is 0.00792 e. The predicted molar refractivity (Wildman–Crippen MR) is 64.9 cm³/mol. The lowest BCUT2D eigenvalue weighted by Gasteiger charge is -2.28. The first-order valence-corrected chi connectivity index (χ1v) is 5.66. The van der Waals surface area contributed by atoms with Crippen LogP contribution < -0.4 is 11.1 Å². The summed E-state index contributed by atoms with van der Waals surface area (Å²) >= 11 is 0. The maximum atomic E-state index is 6.06. The van der Waals surface area contributed by atoms with E-state index in [1.807, 2.05) is 0 Å². The van der Waals surface area contributed by atoms with Gasteiger partial charge in [-0.05, 0) is 37.8 Å². The molecule has 0 radical (unpaired) electrons. The minimum absolute atomic E-state index is 0. The second-order valence-corrected chi connectivity index (χ2v) is 4.76. The van der Waals surface area contributed by atoms with Crippen LogP contribution in [0, 0.1) is 11.8 Å². The number of rotatable bonds is 4. The monoisotopic (exact) mass is 220 g/mol. The zero-order chi connectivity index (χ0) is 9.68. The van der Waals surface area contributed by atoms with E-state index < -0.39 is 0 Å². The molecule has 1 fully saturated rings. The summed E-state index contributed by atoms with van der Waals surface area (Å²) in [4.78, 5) is 0. The minimum Gasteiger partial charge on any atom is -0.327 e. The summed E-state index contributed by atoms with van der Waals surface area (Å²) in [6.45, 7) is 6.74. The highest BCUT2D eigenvalue weighted by Crippen LogP contribution is 2.22. The standard InChI is InChI=1S/C11H24N2.ClH/c1-9(2)7-13-8-10-5-3-4-6-11(10)12;/h9-11,13H,3-8,12H2,1-2H3;1H/t10-,11-;/m0./s1. The molecule has 1 aliphatic rings. The molecule has 1 rings (SSSR count). The molecule has 2 nitrogen and oxygen atoms in total. The molecule has 3 heteroatoms. The average molecular weight is 221 g/mol. The molecule has 0 aliphatic heterocycles. The van der Waals surface area contributed by atoms with Crippen molar-refractivity contribution < 1.29 is 0 Å². The summed E-state index contributed by atoms with van der Waals surface area (Å²) < 4.78 is 0. The Hall–Kier alpha value is 0.210. The third-order valence-corrected chi connectivity index (χ3v) is 2.93. The van der Waals surface area contributed by atoms with Gasteiger partial charge in [-0.1, -0.05) is 26.7 Å². The van der Waals surface area contributed by atoms with Crippen LogP contribution in [0.2, 0.25) is 0 Å². The van der Waals surface area contributed by atoms with Gasteiger partial charge in [-0.2, -0.15) is 0 Å². The molecule has 0 amide bonds. The minimum atomic E-state index is 0. The van der Waals surface area contributed by atoms with Crippen molar-refractivity contribution in [3.05, 3.63) is 0 Å². The number of hydrogen-bond acceptors (Lipinski definition) is 2. The molecule has 0 bridgehead atoms. The molecule has 14 heavy (non-hydrogen) atoms. The lowest BCUT2D eigenvalue weighted by Crippen LogP contribution is -2.40. The molecule has 1 aliphatic carbocycles. The first-order chi connectivity index (χ1) is 6.20. The highest BCUT2D eigenvalue weighted by atomic mass is 35.5. The van der Waals surface area contributed by atoms with Crippen molar-refractivity contribution in [2.75, 3.05) is 13.1 Å². The molecule has 0 heterocycles. The van der Waals surface area contributed by atoms with Gasteiger partial charge in [0.25, 0.3) is 0 Å². The Labute approximate surface area is 94.4 Å². The fraction of sp³-hybridized carbons (Fsp3) is 1.00. The maximum absolute atomic E-state index is 6.06. The summed E-state index contributed by atoms with van der Waals surface area (Å²) in [6.07, 6.45) is 5.27. The number of nitrogens with two attached hydrogens (primary N) is 1. The molecule has 0 aromatic rings. The van der Waals surface area contributed by atoms with Gasteiger partial charge in [-0.3, -0.25) is 0 Å². The van der Waals surface area contributed by atoms with Crippen LogP contribution in [0.15, 0.2) is 0 Å². The highest BCUT2D eigenvalue weighted by molar-refractivity contribution is 5.85. The van der Waals surface area contributed by atoms with Gasteiger partial charge in [0.2, 0.25) is 0 Å². The van der Waals surface area contributed by atoms with Crippen LogP contribution >= 0.6 is 12.4 Å². The van der Waals surface area contributed by atoms with Crippen molar-refractivity contribution in [2.24, 2.45) is 17.6 Å². The van der Waals surface area contributed by atoms with Crippen LogP contribution in [0.1, 0.15) is 39.5 Å². The van der Waals surface area contributed by atoms with Crippen molar-refractivity contribution in [1.29, 1.82) is 0 Å². The Bertz CT molecular complexity index is 139. The van der Waals surface area contributed by atoms with Gasteiger partial charge >= 0.3 is 0 Å². The van der Waals surface area contributed by atoms with E-state index in [1.165, 1.54) is 25.7 Å². The Morgan fingerprint density at radius 3 is 2.50 bits per heavy atom. The van der Waals surface area contributed by atoms with Crippen LogP contribution in [0.5, 0.6) is 0 Å². The third-order valence-electron chi connectivity index (χ3n) is 2.93. The lowest BCUT2D eigenvalue weighted by atomic mass is 9.85. The van der Waals surface area contributed by atoms with Gasteiger partial charge in [0.15, 0.2) is 0 Å². The van der Waals surface area contributed by atoms with Crippen molar-refractivity contribution >= 4 is 12.4 Å². The van der Waals surface area contributed by atoms with E-state index in [1.54, 1.807) is 0 Å². The summed E-state index contributed by atoms with van der Waals surface area (Å²) in [6, 6.07) is 0.452. The average Bonchev–Trinajstić information content (AvgIpc) is 2.08. The zero-order valence-electron chi connectivity index (χ0n) is 9.46. The number of nitrogens with one attached hydrogen (secondary N) is 1. The fourth-order valence-corrected chi connectivity index (χ4v) is 2.05. The van der Waals surface area contributed by atoms with Gasteiger partial charge in [0, 0.05) is 6.04 Å². The SMILES string of the molecule is CC(C)CNC[C@@H]1CCCC[C@@H]1N.Cl. The van der Waals surface area contributed by atoms with E-state index in [0.29, 0.717) is 6.04 Å². The summed E-state index contributed by atoms with van der Waals surface area (Å²) in [5, 5.41) is 3.50. The molecule has 0 aromatic carbocycles. The van der Waals surface area contributed by atoms with Crippen molar-refractivity contribution in [3.8, 4) is 0 Å². The maximum Gasteiger partial charge on any atom is 0.00792 e. The second kappa shape index (κ2) is 7.49. The predicted octanol–water partition coefficient (Wildman–Crippen LogP) is 2.17. The highest BCUT2D eigenvalue weighted by Gasteiger charge is 2.20. The Morgan fingerprint density at radius 1 is 1.29 bits per heavy atom. The van der Waals surface area contributed by atoms with Crippen molar-refractivity contribution in [1.82, 2.24) is 5.32 Å². The molecule has 0 spiro atoms. The van der Waals surface area contributed by atoms with Crippen LogP contribution in [0.3, 0.4) is 0 Å². The molecule has 3 N–H and O–H groups in total. The van der Waals surface area contributed by atoms with Gasteiger partial charge in [-0.15, -0.1) is 12.4 Å². The van der Waals surface area contributed by atoms with E-state index in [-0.39, 0.29) is 12.4 Å². The fourth-order valence-electron chi connectivity index (χ4n) is 2.05. The van der Waals surface area contributed by atoms with Gasteiger partial charge in [-0.25, -0.2) is 0 Å². The van der Waals surface area contributed by atoms with Crippen LogP contribution in [0.4, 0.5) is 0 Å². The molecule has 2 atom stereocenters. The Balaban J connectivity index is 0.00000169. The largest absolute Gasteiger partial charge is 0.327 e. The topological polar surface area (TPSA) is 38.0 Å². The first kappa shape index (κ1) is 14.2. The quantitative estimate of drug-likeness (QED) is 0.762.